The summed E-state index contributed by atoms with van der Waals surface area (Å²) < 4.78 is 10.5. The van der Waals surface area contributed by atoms with Crippen molar-refractivity contribution in [1.82, 2.24) is 0 Å². The van der Waals surface area contributed by atoms with Gasteiger partial charge in [0.15, 0.2) is 6.61 Å². The number of hydrogen-bond acceptors (Lipinski definition) is 6. The number of imide groups is 1. The van der Waals surface area contributed by atoms with E-state index < -0.39 is 18.5 Å². The summed E-state index contributed by atoms with van der Waals surface area (Å²) in [5.74, 6) is -1.37. The van der Waals surface area contributed by atoms with E-state index >= 15 is 0 Å². The fourth-order valence-corrected chi connectivity index (χ4v) is 2.89. The first-order chi connectivity index (χ1) is 14.0. The highest BCUT2D eigenvalue weighted by Crippen LogP contribution is 2.24. The molecule has 2 aromatic carbocycles. The summed E-state index contributed by atoms with van der Waals surface area (Å²) in [6.45, 7) is 1.78. The molecule has 0 atom stereocenters. The van der Waals surface area contributed by atoms with E-state index in [-0.39, 0.29) is 30.2 Å². The molecule has 8 heteroatoms. The number of esters is 1. The van der Waals surface area contributed by atoms with Crippen LogP contribution in [0.4, 0.5) is 11.4 Å². The summed E-state index contributed by atoms with van der Waals surface area (Å²) in [5, 5.41) is 2.63. The van der Waals surface area contributed by atoms with Crippen LogP contribution in [0.3, 0.4) is 0 Å². The van der Waals surface area contributed by atoms with Crippen LogP contribution in [0.1, 0.15) is 30.1 Å². The molecule has 3 amide bonds. The topological polar surface area (TPSA) is 102 Å². The number of hydrogen-bond donors (Lipinski definition) is 1. The van der Waals surface area contributed by atoms with E-state index in [1.165, 1.54) is 12.1 Å². The van der Waals surface area contributed by atoms with Crippen molar-refractivity contribution >= 4 is 35.1 Å². The predicted octanol–water partition coefficient (Wildman–Crippen LogP) is 2.53. The zero-order chi connectivity index (χ0) is 20.8. The summed E-state index contributed by atoms with van der Waals surface area (Å²) in [6, 6.07) is 12.9. The third-order valence-corrected chi connectivity index (χ3v) is 4.19. The summed E-state index contributed by atoms with van der Waals surface area (Å²) >= 11 is 0. The fourth-order valence-electron chi connectivity index (χ4n) is 2.89. The number of rotatable bonds is 7. The zero-order valence-corrected chi connectivity index (χ0v) is 15.8. The number of nitrogens with one attached hydrogen (secondary N) is 1. The molecule has 0 aromatic heterocycles. The third kappa shape index (κ3) is 4.78. The van der Waals surface area contributed by atoms with E-state index in [9.17, 15) is 19.2 Å². The third-order valence-electron chi connectivity index (χ3n) is 4.19. The van der Waals surface area contributed by atoms with Gasteiger partial charge in [0.25, 0.3) is 5.91 Å². The van der Waals surface area contributed by atoms with Gasteiger partial charge in [-0.05, 0) is 37.3 Å². The average molecular weight is 396 g/mol. The van der Waals surface area contributed by atoms with Gasteiger partial charge >= 0.3 is 5.97 Å². The molecule has 1 aliphatic heterocycles. The summed E-state index contributed by atoms with van der Waals surface area (Å²) in [5.41, 5.74) is 0.919. The Morgan fingerprint density at radius 3 is 2.48 bits per heavy atom. The van der Waals surface area contributed by atoms with Crippen molar-refractivity contribution in [1.29, 1.82) is 0 Å². The maximum absolute atomic E-state index is 12.3. The lowest BCUT2D eigenvalue weighted by atomic mass is 10.2. The van der Waals surface area contributed by atoms with Crippen molar-refractivity contribution in [2.24, 2.45) is 0 Å². The predicted molar refractivity (Wildman–Crippen MR) is 105 cm³/mol. The minimum atomic E-state index is -0.737. The van der Waals surface area contributed by atoms with Crippen LogP contribution in [-0.2, 0) is 19.1 Å². The van der Waals surface area contributed by atoms with E-state index in [1.807, 2.05) is 6.92 Å². The molecular weight excluding hydrogens is 376 g/mol. The van der Waals surface area contributed by atoms with Crippen molar-refractivity contribution < 1.29 is 28.7 Å². The van der Waals surface area contributed by atoms with Crippen LogP contribution in [0.5, 0.6) is 5.75 Å². The molecule has 0 radical (unpaired) electrons. The molecule has 0 spiro atoms. The van der Waals surface area contributed by atoms with Gasteiger partial charge < -0.3 is 14.8 Å². The van der Waals surface area contributed by atoms with Crippen molar-refractivity contribution in [2.45, 2.75) is 19.8 Å². The molecule has 1 aliphatic rings. The number of carbonyl (C=O) groups is 4. The minimum absolute atomic E-state index is 0.137. The smallest absolute Gasteiger partial charge is 0.338 e. The van der Waals surface area contributed by atoms with Crippen LogP contribution in [0.25, 0.3) is 0 Å². The van der Waals surface area contributed by atoms with Gasteiger partial charge in [0.05, 0.1) is 23.5 Å². The van der Waals surface area contributed by atoms with E-state index in [4.69, 9.17) is 9.47 Å². The molecular formula is C21H20N2O6. The van der Waals surface area contributed by atoms with Crippen molar-refractivity contribution in [3.05, 3.63) is 54.1 Å². The van der Waals surface area contributed by atoms with Gasteiger partial charge in [-0.3, -0.25) is 19.3 Å². The Bertz CT molecular complexity index is 940. The first kappa shape index (κ1) is 20.1. The standard InChI is InChI=1S/C21H20N2O6/c1-2-28-17-9-4-3-8-16(17)22-18(24)13-29-21(27)14-6-5-7-15(12-14)23-19(25)10-11-20(23)26/h3-9,12H,2,10-11,13H2,1H3,(H,22,24). The second-order valence-corrected chi connectivity index (χ2v) is 6.23. The molecule has 1 heterocycles. The highest BCUT2D eigenvalue weighted by molar-refractivity contribution is 6.20. The Balaban J connectivity index is 1.61. The van der Waals surface area contributed by atoms with Crippen LogP contribution < -0.4 is 15.0 Å². The van der Waals surface area contributed by atoms with Gasteiger partial charge in [0, 0.05) is 12.8 Å². The van der Waals surface area contributed by atoms with Crippen LogP contribution in [-0.4, -0.2) is 36.9 Å². The first-order valence-electron chi connectivity index (χ1n) is 9.14. The molecule has 0 aliphatic carbocycles. The van der Waals surface area contributed by atoms with Gasteiger partial charge in [-0.1, -0.05) is 18.2 Å². The largest absolute Gasteiger partial charge is 0.492 e. The molecule has 0 bridgehead atoms. The zero-order valence-electron chi connectivity index (χ0n) is 15.8. The molecule has 1 fully saturated rings. The number of benzene rings is 2. The number of para-hydroxylation sites is 2. The lowest BCUT2D eigenvalue weighted by molar-refractivity contribution is -0.121. The molecule has 0 unspecified atom stereocenters. The second kappa shape index (κ2) is 9.01. The second-order valence-electron chi connectivity index (χ2n) is 6.23. The highest BCUT2D eigenvalue weighted by atomic mass is 16.5. The maximum Gasteiger partial charge on any atom is 0.338 e. The van der Waals surface area contributed by atoms with Gasteiger partial charge in [0.1, 0.15) is 5.75 Å². The van der Waals surface area contributed by atoms with Gasteiger partial charge in [-0.25, -0.2) is 4.79 Å². The Morgan fingerprint density at radius 2 is 1.76 bits per heavy atom. The first-order valence-corrected chi connectivity index (χ1v) is 9.14. The lowest BCUT2D eigenvalue weighted by Crippen LogP contribution is -2.28. The molecule has 1 N–H and O–H groups in total. The molecule has 2 aromatic rings. The monoisotopic (exact) mass is 396 g/mol. The quantitative estimate of drug-likeness (QED) is 0.570. The number of nitrogens with zero attached hydrogens (tertiary/aromatic N) is 1. The van der Waals surface area contributed by atoms with Crippen molar-refractivity contribution in [2.75, 3.05) is 23.4 Å². The van der Waals surface area contributed by atoms with Crippen LogP contribution in [0.15, 0.2) is 48.5 Å². The average Bonchev–Trinajstić information content (AvgIpc) is 3.06. The van der Waals surface area contributed by atoms with E-state index in [0.717, 1.165) is 4.90 Å². The van der Waals surface area contributed by atoms with Gasteiger partial charge in [-0.15, -0.1) is 0 Å². The van der Waals surface area contributed by atoms with Crippen LogP contribution >= 0.6 is 0 Å². The summed E-state index contributed by atoms with van der Waals surface area (Å²) in [7, 11) is 0. The summed E-state index contributed by atoms with van der Waals surface area (Å²) in [4.78, 5) is 49.2. The van der Waals surface area contributed by atoms with Gasteiger partial charge in [-0.2, -0.15) is 0 Å². The molecule has 8 nitrogen and oxygen atoms in total. The molecule has 29 heavy (non-hydrogen) atoms. The van der Waals surface area contributed by atoms with Crippen molar-refractivity contribution in [3.8, 4) is 5.75 Å². The van der Waals surface area contributed by atoms with E-state index in [0.29, 0.717) is 23.7 Å². The highest BCUT2D eigenvalue weighted by Gasteiger charge is 2.30. The summed E-state index contributed by atoms with van der Waals surface area (Å²) in [6.07, 6.45) is 0.299. The maximum atomic E-state index is 12.3. The van der Waals surface area contributed by atoms with Crippen LogP contribution in [0.2, 0.25) is 0 Å². The van der Waals surface area contributed by atoms with E-state index in [1.54, 1.807) is 36.4 Å². The molecule has 3 rings (SSSR count). The molecule has 1 saturated heterocycles. The van der Waals surface area contributed by atoms with Gasteiger partial charge in [0.2, 0.25) is 11.8 Å². The van der Waals surface area contributed by atoms with Crippen molar-refractivity contribution in [3.63, 3.8) is 0 Å². The minimum Gasteiger partial charge on any atom is -0.492 e. The Labute approximate surface area is 167 Å². The van der Waals surface area contributed by atoms with Crippen LogP contribution in [0, 0.1) is 0 Å². The Hall–Kier alpha value is -3.68. The Morgan fingerprint density at radius 1 is 1.03 bits per heavy atom. The Kier molecular flexibility index (Phi) is 6.23. The molecule has 0 saturated carbocycles. The number of carbonyl (C=O) groups excluding carboxylic acids is 4. The number of ether oxygens (including phenoxy) is 2. The SMILES string of the molecule is CCOc1ccccc1NC(=O)COC(=O)c1cccc(N2C(=O)CCC2=O)c1. The number of anilines is 2. The number of amides is 3. The fraction of sp³-hybridized carbons (Fsp3) is 0.238. The van der Waals surface area contributed by atoms with E-state index in [2.05, 4.69) is 5.32 Å². The normalized spacial score (nSPS) is 13.3. The molecule has 150 valence electrons. The lowest BCUT2D eigenvalue weighted by Gasteiger charge is -2.14.